The SMILES string of the molecule is CCN1CCN(C(=O)c2cc3oc(C)cc3n2Cc2cc(F)cc(F)c2)CC1. The third-order valence-corrected chi connectivity index (χ3v) is 5.30. The van der Waals surface area contributed by atoms with Crippen LogP contribution in [0.5, 0.6) is 0 Å². The van der Waals surface area contributed by atoms with E-state index in [1.807, 2.05) is 17.9 Å². The van der Waals surface area contributed by atoms with Crippen LogP contribution in [0.25, 0.3) is 11.1 Å². The number of amides is 1. The molecular formula is C21H23F2N3O2. The number of benzene rings is 1. The second kappa shape index (κ2) is 7.39. The maximum atomic E-state index is 13.6. The van der Waals surface area contributed by atoms with E-state index in [9.17, 15) is 13.6 Å². The van der Waals surface area contributed by atoms with Crippen molar-refractivity contribution in [3.05, 3.63) is 59.0 Å². The molecule has 0 unspecified atom stereocenters. The lowest BCUT2D eigenvalue weighted by atomic mass is 10.2. The van der Waals surface area contributed by atoms with Crippen molar-refractivity contribution in [2.24, 2.45) is 0 Å². The summed E-state index contributed by atoms with van der Waals surface area (Å²) in [5.41, 5.74) is 2.28. The number of nitrogens with zero attached hydrogens (tertiary/aromatic N) is 3. The molecule has 3 heterocycles. The summed E-state index contributed by atoms with van der Waals surface area (Å²) >= 11 is 0. The van der Waals surface area contributed by atoms with Crippen LogP contribution in [0, 0.1) is 18.6 Å². The number of furan rings is 1. The summed E-state index contributed by atoms with van der Waals surface area (Å²) in [7, 11) is 0. The number of halogens is 2. The number of carbonyl (C=O) groups is 1. The molecule has 1 amide bonds. The molecule has 1 aliphatic rings. The van der Waals surface area contributed by atoms with Gasteiger partial charge >= 0.3 is 0 Å². The molecule has 0 bridgehead atoms. The lowest BCUT2D eigenvalue weighted by molar-refractivity contribution is 0.0633. The van der Waals surface area contributed by atoms with Gasteiger partial charge in [-0.2, -0.15) is 0 Å². The van der Waals surface area contributed by atoms with Crippen molar-refractivity contribution >= 4 is 17.0 Å². The summed E-state index contributed by atoms with van der Waals surface area (Å²) in [5.74, 6) is -0.632. The average molecular weight is 387 g/mol. The molecule has 1 aliphatic heterocycles. The Kier molecular flexibility index (Phi) is 4.93. The number of piperazine rings is 1. The zero-order valence-electron chi connectivity index (χ0n) is 16.0. The van der Waals surface area contributed by atoms with Crippen LogP contribution in [0.1, 0.15) is 28.7 Å². The quantitative estimate of drug-likeness (QED) is 0.686. The monoisotopic (exact) mass is 387 g/mol. The summed E-state index contributed by atoms with van der Waals surface area (Å²) in [6.45, 7) is 8.10. The molecule has 148 valence electrons. The van der Waals surface area contributed by atoms with E-state index in [1.54, 1.807) is 10.6 Å². The Labute approximate surface area is 162 Å². The Morgan fingerprint density at radius 2 is 1.71 bits per heavy atom. The number of carbonyl (C=O) groups excluding carboxylic acids is 1. The first-order chi connectivity index (χ1) is 13.4. The lowest BCUT2D eigenvalue weighted by Gasteiger charge is -2.34. The summed E-state index contributed by atoms with van der Waals surface area (Å²) in [4.78, 5) is 17.3. The average Bonchev–Trinajstić information content (AvgIpc) is 3.17. The summed E-state index contributed by atoms with van der Waals surface area (Å²) in [6.07, 6.45) is 0. The van der Waals surface area contributed by atoms with Crippen LogP contribution in [-0.2, 0) is 6.54 Å². The Bertz CT molecular complexity index is 996. The van der Waals surface area contributed by atoms with E-state index in [0.717, 1.165) is 37.0 Å². The van der Waals surface area contributed by atoms with Crippen molar-refractivity contribution in [3.63, 3.8) is 0 Å². The first-order valence-corrected chi connectivity index (χ1v) is 9.51. The fourth-order valence-electron chi connectivity index (χ4n) is 3.83. The largest absolute Gasteiger partial charge is 0.460 e. The van der Waals surface area contributed by atoms with Gasteiger partial charge < -0.3 is 18.8 Å². The highest BCUT2D eigenvalue weighted by Gasteiger charge is 2.26. The highest BCUT2D eigenvalue weighted by atomic mass is 19.1. The molecule has 0 N–H and O–H groups in total. The minimum absolute atomic E-state index is 0.0864. The normalized spacial score (nSPS) is 15.5. The van der Waals surface area contributed by atoms with E-state index in [-0.39, 0.29) is 12.5 Å². The maximum Gasteiger partial charge on any atom is 0.270 e. The number of hydrogen-bond acceptors (Lipinski definition) is 3. The summed E-state index contributed by atoms with van der Waals surface area (Å²) in [6, 6.07) is 6.99. The molecule has 4 rings (SSSR count). The van der Waals surface area contributed by atoms with Gasteiger partial charge in [0.1, 0.15) is 23.1 Å². The molecule has 7 heteroatoms. The van der Waals surface area contributed by atoms with E-state index in [0.29, 0.717) is 29.9 Å². The van der Waals surface area contributed by atoms with Gasteiger partial charge in [-0.1, -0.05) is 6.92 Å². The van der Waals surface area contributed by atoms with Gasteiger partial charge in [-0.15, -0.1) is 0 Å². The van der Waals surface area contributed by atoms with Crippen LogP contribution in [-0.4, -0.2) is 53.0 Å². The number of fused-ring (bicyclic) bond motifs is 1. The molecule has 0 saturated carbocycles. The molecule has 0 radical (unpaired) electrons. The molecule has 0 spiro atoms. The zero-order chi connectivity index (χ0) is 19.8. The first kappa shape index (κ1) is 18.7. The number of aryl methyl sites for hydroxylation is 1. The van der Waals surface area contributed by atoms with Crippen LogP contribution in [0.15, 0.2) is 34.7 Å². The van der Waals surface area contributed by atoms with Crippen LogP contribution >= 0.6 is 0 Å². The van der Waals surface area contributed by atoms with Crippen molar-refractivity contribution in [3.8, 4) is 0 Å². The van der Waals surface area contributed by atoms with Gasteiger partial charge in [0.15, 0.2) is 5.58 Å². The predicted molar refractivity (Wildman–Crippen MR) is 102 cm³/mol. The molecule has 2 aromatic heterocycles. The topological polar surface area (TPSA) is 41.6 Å². The number of rotatable bonds is 4. The minimum Gasteiger partial charge on any atom is -0.460 e. The fraction of sp³-hybridized carbons (Fsp3) is 0.381. The molecule has 1 saturated heterocycles. The van der Waals surface area contributed by atoms with Crippen molar-refractivity contribution in [2.45, 2.75) is 20.4 Å². The smallest absolute Gasteiger partial charge is 0.270 e. The Morgan fingerprint density at radius 3 is 2.36 bits per heavy atom. The van der Waals surface area contributed by atoms with Gasteiger partial charge in [-0.05, 0) is 31.2 Å². The van der Waals surface area contributed by atoms with Gasteiger partial charge in [0.25, 0.3) is 5.91 Å². The van der Waals surface area contributed by atoms with Crippen LogP contribution in [0.2, 0.25) is 0 Å². The van der Waals surface area contributed by atoms with Crippen LogP contribution in [0.3, 0.4) is 0 Å². The standard InChI is InChI=1S/C21H23F2N3O2/c1-3-24-4-6-25(7-5-24)21(27)19-12-20-18(8-14(2)28-20)26(19)13-15-9-16(22)11-17(23)10-15/h8-12H,3-7,13H2,1-2H3. The van der Waals surface area contributed by atoms with E-state index in [4.69, 9.17) is 4.42 Å². The Morgan fingerprint density at radius 1 is 1.04 bits per heavy atom. The van der Waals surface area contributed by atoms with E-state index < -0.39 is 11.6 Å². The third kappa shape index (κ3) is 3.54. The number of hydrogen-bond donors (Lipinski definition) is 0. The molecule has 1 aromatic carbocycles. The molecule has 28 heavy (non-hydrogen) atoms. The highest BCUT2D eigenvalue weighted by molar-refractivity contribution is 5.97. The van der Waals surface area contributed by atoms with Gasteiger partial charge in [0, 0.05) is 50.9 Å². The Hall–Kier alpha value is -2.67. The second-order valence-electron chi connectivity index (χ2n) is 7.23. The van der Waals surface area contributed by atoms with Crippen molar-refractivity contribution in [1.29, 1.82) is 0 Å². The summed E-state index contributed by atoms with van der Waals surface area (Å²) < 4.78 is 34.8. The molecule has 3 aromatic rings. The van der Waals surface area contributed by atoms with Gasteiger partial charge in [-0.25, -0.2) is 8.78 Å². The Balaban J connectivity index is 1.69. The van der Waals surface area contributed by atoms with E-state index in [1.165, 1.54) is 12.1 Å². The van der Waals surface area contributed by atoms with Crippen molar-refractivity contribution < 1.29 is 18.0 Å². The van der Waals surface area contributed by atoms with Gasteiger partial charge in [-0.3, -0.25) is 4.79 Å². The molecule has 1 fully saturated rings. The van der Waals surface area contributed by atoms with Crippen molar-refractivity contribution in [2.75, 3.05) is 32.7 Å². The lowest BCUT2D eigenvalue weighted by Crippen LogP contribution is -2.48. The van der Waals surface area contributed by atoms with E-state index >= 15 is 0 Å². The fourth-order valence-corrected chi connectivity index (χ4v) is 3.83. The zero-order valence-corrected chi connectivity index (χ0v) is 16.0. The van der Waals surface area contributed by atoms with Gasteiger partial charge in [0.2, 0.25) is 0 Å². The number of aromatic nitrogens is 1. The van der Waals surface area contributed by atoms with Crippen LogP contribution in [0.4, 0.5) is 8.78 Å². The first-order valence-electron chi connectivity index (χ1n) is 9.51. The molecular weight excluding hydrogens is 364 g/mol. The van der Waals surface area contributed by atoms with Crippen molar-refractivity contribution in [1.82, 2.24) is 14.4 Å². The highest BCUT2D eigenvalue weighted by Crippen LogP contribution is 2.26. The van der Waals surface area contributed by atoms with Crippen LogP contribution < -0.4 is 0 Å². The molecule has 0 atom stereocenters. The second-order valence-corrected chi connectivity index (χ2v) is 7.23. The number of likely N-dealkylation sites (N-methyl/N-ethyl adjacent to an activating group) is 1. The van der Waals surface area contributed by atoms with Gasteiger partial charge in [0.05, 0.1) is 5.52 Å². The maximum absolute atomic E-state index is 13.6. The molecule has 0 aliphatic carbocycles. The minimum atomic E-state index is -0.634. The predicted octanol–water partition coefficient (Wildman–Crippen LogP) is 3.65. The summed E-state index contributed by atoms with van der Waals surface area (Å²) in [5, 5.41) is 0. The third-order valence-electron chi connectivity index (χ3n) is 5.30. The van der Waals surface area contributed by atoms with E-state index in [2.05, 4.69) is 11.8 Å². The molecule has 5 nitrogen and oxygen atoms in total.